The molecule has 0 atom stereocenters. The van der Waals surface area contributed by atoms with Crippen LogP contribution < -0.4 is 14.3 Å². The Balaban J connectivity index is 1.41. The van der Waals surface area contributed by atoms with Gasteiger partial charge in [0.25, 0.3) is 5.91 Å². The van der Waals surface area contributed by atoms with Crippen LogP contribution in [0.3, 0.4) is 0 Å². The van der Waals surface area contributed by atoms with E-state index in [0.717, 1.165) is 38.6 Å². The zero-order valence-corrected chi connectivity index (χ0v) is 18.3. The molecule has 4 rings (SSSR count). The first-order chi connectivity index (χ1) is 15.1. The second-order valence-electron chi connectivity index (χ2n) is 8.71. The Labute approximate surface area is 185 Å². The van der Waals surface area contributed by atoms with Crippen LogP contribution in [0.25, 0.3) is 0 Å². The lowest BCUT2D eigenvalue weighted by atomic mass is 9.84. The highest BCUT2D eigenvalue weighted by atomic mass is 32.2. The topological polar surface area (TPSA) is 139 Å². The van der Waals surface area contributed by atoms with Gasteiger partial charge in [0.1, 0.15) is 18.0 Å². The number of hydrogen-bond donors (Lipinski definition) is 4. The van der Waals surface area contributed by atoms with E-state index in [0.29, 0.717) is 40.9 Å². The molecule has 1 aromatic carbocycles. The number of hydrogen-bond acceptors (Lipinski definition) is 6. The number of phenolic OH excluding ortho intramolecular Hbond substituents is 1. The molecule has 0 unspecified atom stereocenters. The Morgan fingerprint density at radius 1 is 1.25 bits per heavy atom. The van der Waals surface area contributed by atoms with Crippen LogP contribution in [0.1, 0.15) is 43.2 Å². The van der Waals surface area contributed by atoms with Crippen molar-refractivity contribution in [2.45, 2.75) is 51.1 Å². The van der Waals surface area contributed by atoms with Crippen molar-refractivity contribution in [3.05, 3.63) is 23.0 Å². The number of aromatic hydroxyl groups is 1. The fourth-order valence-corrected chi connectivity index (χ4v) is 6.06. The summed E-state index contributed by atoms with van der Waals surface area (Å²) in [5.74, 6) is -1.61. The molecule has 0 spiro atoms. The van der Waals surface area contributed by atoms with Gasteiger partial charge in [0.15, 0.2) is 5.82 Å². The average molecular weight is 471 g/mol. The molecule has 1 aliphatic carbocycles. The molecule has 176 valence electrons. The summed E-state index contributed by atoms with van der Waals surface area (Å²) in [4.78, 5) is 24.4. The summed E-state index contributed by atoms with van der Waals surface area (Å²) >= 11 is 0. The zero-order chi connectivity index (χ0) is 23.0. The maximum atomic E-state index is 15.4. The number of halogens is 1. The number of carboxylic acid groups (broad SMARTS) is 1. The lowest BCUT2D eigenvalue weighted by molar-refractivity contribution is -0.117. The van der Waals surface area contributed by atoms with E-state index in [1.165, 1.54) is 6.07 Å². The predicted molar refractivity (Wildman–Crippen MR) is 113 cm³/mol. The molecule has 0 aromatic heterocycles. The lowest BCUT2D eigenvalue weighted by Crippen LogP contribution is -2.38. The van der Waals surface area contributed by atoms with Gasteiger partial charge in [-0.25, -0.2) is 18.2 Å². The SMILES string of the molecule is O=C(O)NC1CCC(CCN2CCc3cc(O)c(N4CC(=O)NS4(=O)=O)c(F)c3C2)CC1. The zero-order valence-electron chi connectivity index (χ0n) is 17.5. The standard InChI is InChI=1S/C20H27FN4O6S/c21-18-15-10-24(7-5-12-1-3-14(4-2-12)22-20(28)29)8-6-13(15)9-16(26)19(18)25-11-17(27)23-32(25,30)31/h9,12,14,22,26H,1-8,10-11H2,(H,23,27)(H,28,29). The van der Waals surface area contributed by atoms with E-state index in [-0.39, 0.29) is 6.04 Å². The average Bonchev–Trinajstić information content (AvgIpc) is 2.99. The largest absolute Gasteiger partial charge is 0.506 e. The monoisotopic (exact) mass is 470 g/mol. The van der Waals surface area contributed by atoms with Gasteiger partial charge in [-0.2, -0.15) is 8.42 Å². The summed E-state index contributed by atoms with van der Waals surface area (Å²) < 4.78 is 42.0. The van der Waals surface area contributed by atoms with Crippen LogP contribution in [0.2, 0.25) is 0 Å². The summed E-state index contributed by atoms with van der Waals surface area (Å²) in [6.07, 6.45) is 3.96. The minimum Gasteiger partial charge on any atom is -0.506 e. The molecule has 0 bridgehead atoms. The molecular formula is C20H27FN4O6S. The Kier molecular flexibility index (Phi) is 6.17. The van der Waals surface area contributed by atoms with E-state index in [1.807, 2.05) is 0 Å². The number of fused-ring (bicyclic) bond motifs is 1. The molecule has 1 saturated carbocycles. The van der Waals surface area contributed by atoms with Crippen LogP contribution >= 0.6 is 0 Å². The van der Waals surface area contributed by atoms with Crippen LogP contribution in [-0.2, 0) is 28.0 Å². The molecule has 1 saturated heterocycles. The molecular weight excluding hydrogens is 443 g/mol. The van der Waals surface area contributed by atoms with E-state index >= 15 is 4.39 Å². The number of phenols is 1. The summed E-state index contributed by atoms with van der Waals surface area (Å²) in [5, 5.41) is 21.7. The van der Waals surface area contributed by atoms with Crippen LogP contribution in [0.4, 0.5) is 14.9 Å². The highest BCUT2D eigenvalue weighted by Gasteiger charge is 2.39. The molecule has 2 aliphatic heterocycles. The first-order valence-corrected chi connectivity index (χ1v) is 12.2. The molecule has 2 amide bonds. The van der Waals surface area contributed by atoms with Gasteiger partial charge in [0, 0.05) is 24.7 Å². The number of anilines is 1. The molecule has 3 aliphatic rings. The fourth-order valence-electron chi connectivity index (χ4n) is 4.90. The van der Waals surface area contributed by atoms with Gasteiger partial charge in [0.05, 0.1) is 0 Å². The number of benzene rings is 1. The molecule has 12 heteroatoms. The van der Waals surface area contributed by atoms with Crippen molar-refractivity contribution in [3.8, 4) is 5.75 Å². The minimum absolute atomic E-state index is 0.00838. The number of carbonyl (C=O) groups is 2. The highest BCUT2D eigenvalue weighted by molar-refractivity contribution is 7.92. The van der Waals surface area contributed by atoms with Gasteiger partial charge in [-0.3, -0.25) is 9.69 Å². The van der Waals surface area contributed by atoms with Crippen LogP contribution in [0, 0.1) is 11.7 Å². The summed E-state index contributed by atoms with van der Waals surface area (Å²) in [6.45, 7) is 1.16. The number of carbonyl (C=O) groups excluding carboxylic acids is 1. The second kappa shape index (κ2) is 8.74. The molecule has 32 heavy (non-hydrogen) atoms. The van der Waals surface area contributed by atoms with Gasteiger partial charge >= 0.3 is 16.3 Å². The first kappa shape index (κ1) is 22.6. The Morgan fingerprint density at radius 2 is 1.97 bits per heavy atom. The van der Waals surface area contributed by atoms with Crippen LogP contribution in [0.15, 0.2) is 6.07 Å². The van der Waals surface area contributed by atoms with Gasteiger partial charge in [-0.15, -0.1) is 0 Å². The molecule has 10 nitrogen and oxygen atoms in total. The van der Waals surface area contributed by atoms with E-state index < -0.39 is 46.0 Å². The normalized spacial score (nSPS) is 25.3. The van der Waals surface area contributed by atoms with Crippen molar-refractivity contribution < 1.29 is 32.6 Å². The van der Waals surface area contributed by atoms with Gasteiger partial charge in [-0.05, 0) is 62.6 Å². The van der Waals surface area contributed by atoms with E-state index in [4.69, 9.17) is 5.11 Å². The Bertz CT molecular complexity index is 1030. The van der Waals surface area contributed by atoms with Gasteiger partial charge in [-0.1, -0.05) is 0 Å². The van der Waals surface area contributed by atoms with Crippen LogP contribution in [-0.4, -0.2) is 61.2 Å². The number of nitrogens with one attached hydrogen (secondary N) is 2. The van der Waals surface area contributed by atoms with E-state index in [1.54, 1.807) is 4.72 Å². The number of nitrogens with zero attached hydrogens (tertiary/aromatic N) is 2. The molecule has 1 aromatic rings. The third-order valence-electron chi connectivity index (χ3n) is 6.59. The van der Waals surface area contributed by atoms with Crippen molar-refractivity contribution in [3.63, 3.8) is 0 Å². The third kappa shape index (κ3) is 4.60. The first-order valence-electron chi connectivity index (χ1n) is 10.7. The highest BCUT2D eigenvalue weighted by Crippen LogP contribution is 2.39. The summed E-state index contributed by atoms with van der Waals surface area (Å²) in [7, 11) is -4.23. The Morgan fingerprint density at radius 3 is 2.59 bits per heavy atom. The maximum absolute atomic E-state index is 15.4. The summed E-state index contributed by atoms with van der Waals surface area (Å²) in [5.41, 5.74) is 0.484. The van der Waals surface area contributed by atoms with Crippen molar-refractivity contribution in [1.29, 1.82) is 0 Å². The van der Waals surface area contributed by atoms with Crippen molar-refractivity contribution in [1.82, 2.24) is 14.9 Å². The molecule has 2 heterocycles. The summed E-state index contributed by atoms with van der Waals surface area (Å²) in [6, 6.07) is 1.40. The van der Waals surface area contributed by atoms with Crippen molar-refractivity contribution in [2.75, 3.05) is 23.9 Å². The fraction of sp³-hybridized carbons (Fsp3) is 0.600. The van der Waals surface area contributed by atoms with Crippen molar-refractivity contribution >= 4 is 27.9 Å². The van der Waals surface area contributed by atoms with Crippen LogP contribution in [0.5, 0.6) is 5.75 Å². The molecule has 2 fully saturated rings. The quantitative estimate of drug-likeness (QED) is 0.508. The second-order valence-corrected chi connectivity index (χ2v) is 10.3. The number of rotatable bonds is 5. The smallest absolute Gasteiger partial charge is 0.404 e. The Hall–Kier alpha value is -2.60. The lowest BCUT2D eigenvalue weighted by Gasteiger charge is -2.33. The maximum Gasteiger partial charge on any atom is 0.404 e. The predicted octanol–water partition coefficient (Wildman–Crippen LogP) is 1.29. The van der Waals surface area contributed by atoms with Gasteiger partial charge in [0.2, 0.25) is 0 Å². The number of amides is 2. The van der Waals surface area contributed by atoms with E-state index in [9.17, 15) is 23.1 Å². The molecule has 4 N–H and O–H groups in total. The third-order valence-corrected chi connectivity index (χ3v) is 7.97. The van der Waals surface area contributed by atoms with Gasteiger partial charge < -0.3 is 15.5 Å². The van der Waals surface area contributed by atoms with Crippen molar-refractivity contribution in [2.24, 2.45) is 5.92 Å². The molecule has 0 radical (unpaired) electrons. The minimum atomic E-state index is -4.23. The van der Waals surface area contributed by atoms with E-state index in [2.05, 4.69) is 10.2 Å².